The van der Waals surface area contributed by atoms with Crippen molar-refractivity contribution in [2.45, 2.75) is 31.1 Å². The van der Waals surface area contributed by atoms with E-state index in [-0.39, 0.29) is 31.3 Å². The van der Waals surface area contributed by atoms with Crippen LogP contribution in [0.3, 0.4) is 0 Å². The molecule has 3 unspecified atom stereocenters. The van der Waals surface area contributed by atoms with Gasteiger partial charge in [0.05, 0.1) is 19.6 Å². The number of nitrogens with zero attached hydrogens (tertiary/aromatic N) is 2. The van der Waals surface area contributed by atoms with Gasteiger partial charge in [-0.25, -0.2) is 4.39 Å². The Balaban J connectivity index is 1.69. The molecule has 0 spiro atoms. The molecule has 2 aromatic carbocycles. The monoisotopic (exact) mass is 470 g/mol. The van der Waals surface area contributed by atoms with Gasteiger partial charge in [0.1, 0.15) is 18.0 Å². The van der Waals surface area contributed by atoms with E-state index >= 15 is 0 Å². The number of nitrogens with two attached hydrogens (primary N) is 1. The Hall–Kier alpha value is -3.46. The molecule has 2 aromatic rings. The number of hydrogen-bond acceptors (Lipinski definition) is 5. The fourth-order valence-corrected chi connectivity index (χ4v) is 3.92. The molecule has 0 aromatic heterocycles. The number of ether oxygens (including phenoxy) is 1. The van der Waals surface area contributed by atoms with Crippen molar-refractivity contribution in [3.05, 3.63) is 65.2 Å². The summed E-state index contributed by atoms with van der Waals surface area (Å²) in [6, 6.07) is 12.7. The number of alkyl halides is 1. The van der Waals surface area contributed by atoms with E-state index in [0.29, 0.717) is 23.4 Å². The Morgan fingerprint density at radius 1 is 1.15 bits per heavy atom. The van der Waals surface area contributed by atoms with Crippen LogP contribution in [-0.4, -0.2) is 74.0 Å². The minimum Gasteiger partial charge on any atom is -0.497 e. The second kappa shape index (κ2) is 11.1. The number of halogens is 1. The van der Waals surface area contributed by atoms with E-state index in [1.54, 1.807) is 69.7 Å². The number of nitrogens with one attached hydrogen (secondary N) is 1. The van der Waals surface area contributed by atoms with Crippen LogP contribution in [0.2, 0.25) is 0 Å². The molecular weight excluding hydrogens is 439 g/mol. The SMILES string of the molecule is COc1ccc(C(=O)NCc2ccc(C(C(=O)N(C)C)C(N)C(=O)N3CCC(F)C3)cc2)cc1. The van der Waals surface area contributed by atoms with Gasteiger partial charge in [-0.2, -0.15) is 0 Å². The molecule has 8 nitrogen and oxygen atoms in total. The highest BCUT2D eigenvalue weighted by Crippen LogP contribution is 2.25. The number of rotatable bonds is 8. The van der Waals surface area contributed by atoms with Crippen LogP contribution in [0.1, 0.15) is 33.8 Å². The zero-order valence-corrected chi connectivity index (χ0v) is 19.7. The van der Waals surface area contributed by atoms with Crippen LogP contribution < -0.4 is 15.8 Å². The maximum atomic E-state index is 13.6. The van der Waals surface area contributed by atoms with Crippen LogP contribution in [0.25, 0.3) is 0 Å². The first-order valence-electron chi connectivity index (χ1n) is 11.1. The molecule has 182 valence electrons. The van der Waals surface area contributed by atoms with E-state index in [1.165, 1.54) is 9.80 Å². The number of hydrogen-bond donors (Lipinski definition) is 2. The second-order valence-electron chi connectivity index (χ2n) is 8.56. The lowest BCUT2D eigenvalue weighted by Crippen LogP contribution is -2.50. The van der Waals surface area contributed by atoms with E-state index in [0.717, 1.165) is 5.56 Å². The zero-order chi connectivity index (χ0) is 24.8. The lowest BCUT2D eigenvalue weighted by atomic mass is 9.89. The molecule has 1 aliphatic heterocycles. The van der Waals surface area contributed by atoms with Crippen LogP contribution >= 0.6 is 0 Å². The molecule has 34 heavy (non-hydrogen) atoms. The molecular formula is C25H31FN4O4. The summed E-state index contributed by atoms with van der Waals surface area (Å²) in [4.78, 5) is 40.9. The highest BCUT2D eigenvalue weighted by molar-refractivity contribution is 5.94. The Morgan fingerprint density at radius 2 is 1.79 bits per heavy atom. The number of methoxy groups -OCH3 is 1. The third-order valence-corrected chi connectivity index (χ3v) is 5.94. The van der Waals surface area contributed by atoms with Gasteiger partial charge in [0.15, 0.2) is 0 Å². The predicted octanol–water partition coefficient (Wildman–Crippen LogP) is 1.69. The Labute approximate surface area is 198 Å². The minimum atomic E-state index is -1.12. The lowest BCUT2D eigenvalue weighted by Gasteiger charge is -2.28. The summed E-state index contributed by atoms with van der Waals surface area (Å²) in [6.45, 7) is 0.583. The molecule has 3 amide bonds. The molecule has 0 radical (unpaired) electrons. The zero-order valence-electron chi connectivity index (χ0n) is 19.7. The summed E-state index contributed by atoms with van der Waals surface area (Å²) in [5.41, 5.74) is 8.17. The molecule has 0 bridgehead atoms. The summed E-state index contributed by atoms with van der Waals surface area (Å²) in [5, 5.41) is 2.85. The lowest BCUT2D eigenvalue weighted by molar-refractivity contribution is -0.138. The van der Waals surface area contributed by atoms with Crippen molar-refractivity contribution in [2.24, 2.45) is 5.73 Å². The van der Waals surface area contributed by atoms with Crippen LogP contribution in [0.5, 0.6) is 5.75 Å². The third-order valence-electron chi connectivity index (χ3n) is 5.94. The number of carbonyl (C=O) groups excluding carboxylic acids is 3. The maximum Gasteiger partial charge on any atom is 0.251 e. The fraction of sp³-hybridized carbons (Fsp3) is 0.400. The van der Waals surface area contributed by atoms with E-state index in [9.17, 15) is 18.8 Å². The normalized spacial score (nSPS) is 17.1. The average Bonchev–Trinajstić information content (AvgIpc) is 3.29. The summed E-state index contributed by atoms with van der Waals surface area (Å²) < 4.78 is 18.7. The summed E-state index contributed by atoms with van der Waals surface area (Å²) in [6.07, 6.45) is -0.784. The smallest absolute Gasteiger partial charge is 0.251 e. The van der Waals surface area contributed by atoms with E-state index in [1.807, 2.05) is 0 Å². The first-order valence-corrected chi connectivity index (χ1v) is 11.1. The van der Waals surface area contributed by atoms with Gasteiger partial charge < -0.3 is 25.6 Å². The summed E-state index contributed by atoms with van der Waals surface area (Å²) in [7, 11) is 4.76. The number of benzene rings is 2. The van der Waals surface area contributed by atoms with Gasteiger partial charge in [0.2, 0.25) is 11.8 Å². The van der Waals surface area contributed by atoms with Crippen molar-refractivity contribution in [1.29, 1.82) is 0 Å². The molecule has 1 fully saturated rings. The molecule has 1 heterocycles. The van der Waals surface area contributed by atoms with Gasteiger partial charge in [-0.15, -0.1) is 0 Å². The highest BCUT2D eigenvalue weighted by Gasteiger charge is 2.37. The number of likely N-dealkylation sites (tertiary alicyclic amines) is 1. The van der Waals surface area contributed by atoms with E-state index in [4.69, 9.17) is 10.5 Å². The van der Waals surface area contributed by atoms with Crippen LogP contribution in [0, 0.1) is 0 Å². The Bertz CT molecular complexity index is 1010. The van der Waals surface area contributed by atoms with Gasteiger partial charge in [0.25, 0.3) is 5.91 Å². The van der Waals surface area contributed by atoms with Crippen molar-refractivity contribution < 1.29 is 23.5 Å². The molecule has 9 heteroatoms. The standard InChI is InChI=1S/C25H31FN4O4/c1-29(2)24(32)21(22(27)25(33)30-13-12-19(26)15-30)17-6-4-16(5-7-17)14-28-23(31)18-8-10-20(34-3)11-9-18/h4-11,19,21-22H,12-15,27H2,1-3H3,(H,28,31). The van der Waals surface area contributed by atoms with Gasteiger partial charge >= 0.3 is 0 Å². The number of carbonyl (C=O) groups is 3. The van der Waals surface area contributed by atoms with Gasteiger partial charge in [0, 0.05) is 32.7 Å². The summed E-state index contributed by atoms with van der Waals surface area (Å²) >= 11 is 0. The van der Waals surface area contributed by atoms with Crippen molar-refractivity contribution in [2.75, 3.05) is 34.3 Å². The van der Waals surface area contributed by atoms with Gasteiger partial charge in [-0.05, 0) is 41.8 Å². The average molecular weight is 471 g/mol. The second-order valence-corrected chi connectivity index (χ2v) is 8.56. The molecule has 3 atom stereocenters. The maximum absolute atomic E-state index is 13.6. The van der Waals surface area contributed by atoms with E-state index in [2.05, 4.69) is 5.32 Å². The fourth-order valence-electron chi connectivity index (χ4n) is 3.92. The number of likely N-dealkylation sites (N-methyl/N-ethyl adjacent to an activating group) is 1. The molecule has 0 saturated carbocycles. The van der Waals surface area contributed by atoms with Gasteiger partial charge in [-0.1, -0.05) is 24.3 Å². The Kier molecular flexibility index (Phi) is 8.22. The van der Waals surface area contributed by atoms with Crippen molar-refractivity contribution in [1.82, 2.24) is 15.1 Å². The van der Waals surface area contributed by atoms with Crippen LogP contribution in [0.4, 0.5) is 4.39 Å². The number of amides is 3. The molecule has 1 aliphatic rings. The quantitative estimate of drug-likeness (QED) is 0.611. The first kappa shape index (κ1) is 25.2. The highest BCUT2D eigenvalue weighted by atomic mass is 19.1. The topological polar surface area (TPSA) is 105 Å². The third kappa shape index (κ3) is 5.91. The predicted molar refractivity (Wildman–Crippen MR) is 126 cm³/mol. The molecule has 3 rings (SSSR count). The van der Waals surface area contributed by atoms with Crippen LogP contribution in [0.15, 0.2) is 48.5 Å². The van der Waals surface area contributed by atoms with Gasteiger partial charge in [-0.3, -0.25) is 14.4 Å². The molecule has 3 N–H and O–H groups in total. The largest absolute Gasteiger partial charge is 0.497 e. The van der Waals surface area contributed by atoms with Crippen LogP contribution in [-0.2, 0) is 16.1 Å². The van der Waals surface area contributed by atoms with Crippen molar-refractivity contribution in [3.63, 3.8) is 0 Å². The van der Waals surface area contributed by atoms with Crippen molar-refractivity contribution >= 4 is 17.7 Å². The van der Waals surface area contributed by atoms with Crippen molar-refractivity contribution in [3.8, 4) is 5.75 Å². The van der Waals surface area contributed by atoms with E-state index < -0.39 is 24.0 Å². The minimum absolute atomic E-state index is 0.00222. The first-order chi connectivity index (χ1) is 16.2. The molecule has 1 saturated heterocycles. The molecule has 0 aliphatic carbocycles. The summed E-state index contributed by atoms with van der Waals surface area (Å²) in [5.74, 6) is -1.20. The Morgan fingerprint density at radius 3 is 2.32 bits per heavy atom.